The summed E-state index contributed by atoms with van der Waals surface area (Å²) in [5.74, 6) is -7.99. The van der Waals surface area contributed by atoms with Gasteiger partial charge < -0.3 is 40.2 Å². The first-order chi connectivity index (χ1) is 26.1. The van der Waals surface area contributed by atoms with Gasteiger partial charge >= 0.3 is 23.6 Å². The van der Waals surface area contributed by atoms with Crippen LogP contribution in [-0.4, -0.2) is 133 Å². The quantitative estimate of drug-likeness (QED) is 0.0686. The maximum absolute atomic E-state index is 14.4. The van der Waals surface area contributed by atoms with Gasteiger partial charge in [0.25, 0.3) is 5.91 Å². The third-order valence-corrected chi connectivity index (χ3v) is 12.2. The van der Waals surface area contributed by atoms with Gasteiger partial charge in [0.1, 0.15) is 23.5 Å². The van der Waals surface area contributed by atoms with Crippen LogP contribution in [0, 0.1) is 11.8 Å². The first-order valence-electron chi connectivity index (χ1n) is 17.8. The molecule has 2 aliphatic rings. The molecule has 1 aliphatic carbocycles. The number of rotatable bonds is 25. The van der Waals surface area contributed by atoms with Gasteiger partial charge in [-0.15, -0.1) is 0 Å². The molecule has 2 amide bonds. The molecule has 1 saturated carbocycles. The number of thioether (sulfide) groups is 2. The normalized spacial score (nSPS) is 22.5. The van der Waals surface area contributed by atoms with Crippen LogP contribution < -0.4 is 16.3 Å². The highest BCUT2D eigenvalue weighted by Gasteiger charge is 2.59. The molecule has 2 fully saturated rings. The van der Waals surface area contributed by atoms with E-state index in [1.54, 1.807) is 23.5 Å². The zero-order valence-electron chi connectivity index (χ0n) is 30.5. The number of aromatic nitrogens is 2. The van der Waals surface area contributed by atoms with Crippen LogP contribution in [0.2, 0.25) is 0 Å². The van der Waals surface area contributed by atoms with Gasteiger partial charge in [0, 0.05) is 54.0 Å². The molecule has 2 heterocycles. The molecule has 21 heteroatoms. The standard InChI is InChI=1S/C34H48F2N4O13S2/c1-3-20(31(48)49)17-54-24-4-5-25(24)55-18-21(14-22(43)9-13-51-12-8-19(2)42)30(47)37-10-6-28(45)52-16-27(44)38-26-7-11-40(33(50)39-26)32-34(35,36)29(46)23(15-41)53-32/h7,11,20-21,23-25,29,32,41,46H,3-6,8-10,12-18H2,1-2H3,(H,37,47)(H,48,49)(H,38,39,44,50)/t20?,21?,23-,24?,25?,29-,32?/m0/s1. The number of esters is 1. The fraction of sp³-hybridized carbons (Fsp3) is 0.706. The topological polar surface area (TPSA) is 250 Å². The highest BCUT2D eigenvalue weighted by atomic mass is 32.2. The third kappa shape index (κ3) is 14.2. The number of hydrogen-bond acceptors (Lipinski definition) is 15. The summed E-state index contributed by atoms with van der Waals surface area (Å²) in [5.41, 5.74) is -1.26. The number of ketones is 2. The van der Waals surface area contributed by atoms with Gasteiger partial charge in [-0.2, -0.15) is 37.3 Å². The molecule has 5 N–H and O–H groups in total. The van der Waals surface area contributed by atoms with Gasteiger partial charge in [-0.05, 0) is 32.3 Å². The Morgan fingerprint density at radius 1 is 1.07 bits per heavy atom. The summed E-state index contributed by atoms with van der Waals surface area (Å²) < 4.78 is 44.4. The number of carboxylic acid groups (broad SMARTS) is 1. The van der Waals surface area contributed by atoms with Crippen LogP contribution in [0.1, 0.15) is 65.0 Å². The second kappa shape index (κ2) is 22.3. The lowest BCUT2D eigenvalue weighted by atomic mass is 9.99. The van der Waals surface area contributed by atoms with E-state index in [-0.39, 0.29) is 73.3 Å². The number of carboxylic acids is 1. The molecule has 0 spiro atoms. The van der Waals surface area contributed by atoms with E-state index >= 15 is 0 Å². The molecule has 0 bridgehead atoms. The van der Waals surface area contributed by atoms with Crippen molar-refractivity contribution in [2.24, 2.45) is 11.8 Å². The lowest BCUT2D eigenvalue weighted by Gasteiger charge is -2.36. The van der Waals surface area contributed by atoms with Gasteiger partial charge in [-0.25, -0.2) is 4.79 Å². The molecule has 0 aromatic carbocycles. The van der Waals surface area contributed by atoms with Crippen LogP contribution in [0.25, 0.3) is 0 Å². The molecule has 55 heavy (non-hydrogen) atoms. The van der Waals surface area contributed by atoms with Crippen LogP contribution in [-0.2, 0) is 43.0 Å². The van der Waals surface area contributed by atoms with Crippen molar-refractivity contribution in [1.82, 2.24) is 14.9 Å². The molecule has 1 aromatic rings. The Morgan fingerprint density at radius 2 is 1.73 bits per heavy atom. The summed E-state index contributed by atoms with van der Waals surface area (Å²) in [4.78, 5) is 89.0. The highest BCUT2D eigenvalue weighted by molar-refractivity contribution is 8.04. The van der Waals surface area contributed by atoms with E-state index in [0.717, 1.165) is 25.1 Å². The average Bonchev–Trinajstić information content (AvgIpc) is 3.34. The maximum Gasteiger partial charge on any atom is 0.351 e. The fourth-order valence-electron chi connectivity index (χ4n) is 5.38. The molecule has 17 nitrogen and oxygen atoms in total. The molecule has 0 radical (unpaired) electrons. The van der Waals surface area contributed by atoms with Crippen molar-refractivity contribution in [2.75, 3.05) is 49.8 Å². The van der Waals surface area contributed by atoms with E-state index in [4.69, 9.17) is 19.3 Å². The molecule has 3 rings (SSSR count). The van der Waals surface area contributed by atoms with E-state index in [9.17, 15) is 52.6 Å². The molecular weight excluding hydrogens is 775 g/mol. The Hall–Kier alpha value is -3.50. The number of nitrogens with zero attached hydrogens (tertiary/aromatic N) is 2. The summed E-state index contributed by atoms with van der Waals surface area (Å²) in [5, 5.41) is 33.4. The van der Waals surface area contributed by atoms with Gasteiger partial charge in [0.15, 0.2) is 12.7 Å². The van der Waals surface area contributed by atoms with E-state index < -0.39 is 78.9 Å². The fourth-order valence-corrected chi connectivity index (χ4v) is 8.77. The number of anilines is 1. The lowest BCUT2D eigenvalue weighted by Crippen LogP contribution is -2.41. The first-order valence-corrected chi connectivity index (χ1v) is 19.9. The Kier molecular flexibility index (Phi) is 18.6. The summed E-state index contributed by atoms with van der Waals surface area (Å²) in [6, 6.07) is 1.00. The predicted molar refractivity (Wildman–Crippen MR) is 195 cm³/mol. The van der Waals surface area contributed by atoms with E-state index in [2.05, 4.69) is 15.6 Å². The predicted octanol–water partition coefficient (Wildman–Crippen LogP) is 1.19. The minimum Gasteiger partial charge on any atom is -0.481 e. The summed E-state index contributed by atoms with van der Waals surface area (Å²) in [6.07, 6.45) is -3.22. The molecular formula is C34H48F2N4O13S2. The Morgan fingerprint density at radius 3 is 2.29 bits per heavy atom. The second-order valence-electron chi connectivity index (χ2n) is 13.1. The summed E-state index contributed by atoms with van der Waals surface area (Å²) in [7, 11) is 0. The Balaban J connectivity index is 1.46. The van der Waals surface area contributed by atoms with Crippen LogP contribution in [0.3, 0.4) is 0 Å². The Labute approximate surface area is 324 Å². The molecule has 5 unspecified atom stereocenters. The maximum atomic E-state index is 14.4. The van der Waals surface area contributed by atoms with E-state index in [1.807, 2.05) is 6.92 Å². The largest absolute Gasteiger partial charge is 0.481 e. The summed E-state index contributed by atoms with van der Waals surface area (Å²) >= 11 is 3.14. The van der Waals surface area contributed by atoms with Crippen molar-refractivity contribution < 1.29 is 67.1 Å². The van der Waals surface area contributed by atoms with Crippen LogP contribution in [0.4, 0.5) is 14.6 Å². The van der Waals surface area contributed by atoms with E-state index in [1.165, 1.54) is 6.92 Å². The zero-order chi connectivity index (χ0) is 40.7. The molecule has 1 aliphatic heterocycles. The van der Waals surface area contributed by atoms with Crippen LogP contribution in [0.5, 0.6) is 0 Å². The molecule has 7 atom stereocenters. The van der Waals surface area contributed by atoms with Crippen LogP contribution >= 0.6 is 23.5 Å². The molecule has 308 valence electrons. The number of carbonyl (C=O) groups excluding carboxylic acids is 5. The van der Waals surface area contributed by atoms with Crippen molar-refractivity contribution in [3.63, 3.8) is 0 Å². The minimum atomic E-state index is -3.93. The van der Waals surface area contributed by atoms with Gasteiger partial charge in [0.05, 0.1) is 38.1 Å². The third-order valence-electron chi connectivity index (χ3n) is 8.89. The SMILES string of the molecule is CCC(CSC1CCC1SCC(CC(=O)CCOCCC(C)=O)C(=O)NCCC(=O)OCC(=O)Nc1ccn(C2O[C@@H](CO)[C@H](O)C2(F)F)c(=O)n1)C(=O)O. The number of ether oxygens (including phenoxy) is 3. The van der Waals surface area contributed by atoms with Crippen molar-refractivity contribution in [3.8, 4) is 0 Å². The number of Topliss-reactive ketones (excluding diaryl/α,β-unsaturated/α-hetero) is 2. The van der Waals surface area contributed by atoms with Gasteiger partial charge in [0.2, 0.25) is 12.1 Å². The monoisotopic (exact) mass is 822 g/mol. The minimum absolute atomic E-state index is 0.0412. The first kappa shape index (κ1) is 45.9. The van der Waals surface area contributed by atoms with Gasteiger partial charge in [-0.3, -0.25) is 33.3 Å². The van der Waals surface area contributed by atoms with Crippen molar-refractivity contribution in [1.29, 1.82) is 0 Å². The average molecular weight is 823 g/mol. The second-order valence-corrected chi connectivity index (χ2v) is 15.6. The number of alkyl halides is 2. The molecule has 1 aromatic heterocycles. The number of nitrogens with one attached hydrogen (secondary N) is 2. The summed E-state index contributed by atoms with van der Waals surface area (Å²) in [6.45, 7) is 1.65. The number of aliphatic hydroxyl groups excluding tert-OH is 2. The Bertz CT molecular complexity index is 1570. The van der Waals surface area contributed by atoms with Crippen molar-refractivity contribution >= 4 is 64.7 Å². The number of carbonyl (C=O) groups is 6. The molecule has 1 saturated heterocycles. The number of aliphatic carboxylic acids is 1. The smallest absolute Gasteiger partial charge is 0.351 e. The van der Waals surface area contributed by atoms with E-state index in [0.29, 0.717) is 22.5 Å². The van der Waals surface area contributed by atoms with Gasteiger partial charge in [-0.1, -0.05) is 6.92 Å². The number of halogens is 2. The van der Waals surface area contributed by atoms with Crippen molar-refractivity contribution in [3.05, 3.63) is 22.7 Å². The van der Waals surface area contributed by atoms with Crippen LogP contribution in [0.15, 0.2) is 17.1 Å². The number of amides is 2. The number of aliphatic hydroxyl groups is 2. The number of hydrogen-bond donors (Lipinski definition) is 5. The lowest BCUT2D eigenvalue weighted by molar-refractivity contribution is -0.147. The zero-order valence-corrected chi connectivity index (χ0v) is 32.1. The van der Waals surface area contributed by atoms with Crippen molar-refractivity contribution in [2.45, 2.75) is 93.7 Å². The highest BCUT2D eigenvalue weighted by Crippen LogP contribution is 2.43.